The molecule has 0 spiro atoms. The van der Waals surface area contributed by atoms with Crippen molar-refractivity contribution in [2.45, 2.75) is 25.8 Å². The lowest BCUT2D eigenvalue weighted by molar-refractivity contribution is 0.122. The third kappa shape index (κ3) is 3.79. The summed E-state index contributed by atoms with van der Waals surface area (Å²) in [5.41, 5.74) is 5.40. The summed E-state index contributed by atoms with van der Waals surface area (Å²) in [6.07, 6.45) is 14.1. The number of imidazole rings is 1. The first kappa shape index (κ1) is 19.7. The Hall–Kier alpha value is -3.25. The van der Waals surface area contributed by atoms with E-state index in [4.69, 9.17) is 9.72 Å². The van der Waals surface area contributed by atoms with E-state index in [0.717, 1.165) is 78.7 Å². The van der Waals surface area contributed by atoms with Crippen molar-refractivity contribution < 1.29 is 4.74 Å². The zero-order valence-electron chi connectivity index (χ0n) is 17.9. The van der Waals surface area contributed by atoms with Gasteiger partial charge in [0.1, 0.15) is 5.82 Å². The summed E-state index contributed by atoms with van der Waals surface area (Å²) in [7, 11) is 0. The number of allylic oxidation sites excluding steroid dienone is 5. The quantitative estimate of drug-likeness (QED) is 0.576. The fourth-order valence-corrected chi connectivity index (χ4v) is 4.39. The molecule has 0 amide bonds. The van der Waals surface area contributed by atoms with Crippen molar-refractivity contribution >= 4 is 17.0 Å². The predicted octanol–water partition coefficient (Wildman–Crippen LogP) is 4.51. The Morgan fingerprint density at radius 2 is 1.94 bits per heavy atom. The molecule has 5 rings (SSSR count). The minimum atomic E-state index is 0.247. The predicted molar refractivity (Wildman–Crippen MR) is 124 cm³/mol. The number of morpholine rings is 1. The van der Waals surface area contributed by atoms with Crippen LogP contribution in [0.2, 0.25) is 0 Å². The lowest BCUT2D eigenvalue weighted by Crippen LogP contribution is -2.37. The first-order chi connectivity index (χ1) is 15.2. The molecule has 6 heteroatoms. The molecule has 0 bridgehead atoms. The lowest BCUT2D eigenvalue weighted by Gasteiger charge is -2.26. The average molecular weight is 414 g/mol. The summed E-state index contributed by atoms with van der Waals surface area (Å²) in [6, 6.07) is 6.66. The monoisotopic (exact) mass is 413 g/mol. The van der Waals surface area contributed by atoms with Crippen molar-refractivity contribution in [1.82, 2.24) is 19.5 Å². The number of benzene rings is 1. The van der Waals surface area contributed by atoms with Crippen molar-refractivity contribution in [3.63, 3.8) is 0 Å². The Bertz CT molecular complexity index is 1150. The van der Waals surface area contributed by atoms with E-state index in [9.17, 15) is 0 Å². The molecular formula is C25H27N5O. The Balaban J connectivity index is 1.45. The highest BCUT2D eigenvalue weighted by Crippen LogP contribution is 2.36. The van der Waals surface area contributed by atoms with Gasteiger partial charge < -0.3 is 14.2 Å². The first-order valence-electron chi connectivity index (χ1n) is 10.9. The van der Waals surface area contributed by atoms with E-state index in [1.807, 2.05) is 31.5 Å². The van der Waals surface area contributed by atoms with Gasteiger partial charge in [-0.1, -0.05) is 36.9 Å². The smallest absolute Gasteiger partial charge is 0.225 e. The maximum atomic E-state index is 5.42. The summed E-state index contributed by atoms with van der Waals surface area (Å²) in [5, 5.41) is 0. The van der Waals surface area contributed by atoms with Gasteiger partial charge >= 0.3 is 0 Å². The molecule has 2 aromatic heterocycles. The number of hydrogen-bond donors (Lipinski definition) is 0. The summed E-state index contributed by atoms with van der Waals surface area (Å²) in [5.74, 6) is 1.90. The third-order valence-corrected chi connectivity index (χ3v) is 6.02. The van der Waals surface area contributed by atoms with E-state index in [0.29, 0.717) is 0 Å². The summed E-state index contributed by atoms with van der Waals surface area (Å²) in [4.78, 5) is 16.3. The molecule has 2 aliphatic rings. The molecule has 6 nitrogen and oxygen atoms in total. The highest BCUT2D eigenvalue weighted by atomic mass is 16.5. The number of anilines is 1. The highest BCUT2D eigenvalue weighted by molar-refractivity contribution is 5.83. The van der Waals surface area contributed by atoms with Crippen LogP contribution in [0.1, 0.15) is 25.2 Å². The average Bonchev–Trinajstić information content (AvgIpc) is 3.39. The SMILES string of the molecule is C=C(/C=C\C=C/C)[C@@H]1CCc2nc3ccc(-c4cnc(N5CCOCC5)nc4)cc3n21. The zero-order valence-corrected chi connectivity index (χ0v) is 17.9. The number of nitrogens with zero attached hydrogens (tertiary/aromatic N) is 5. The molecule has 0 radical (unpaired) electrons. The number of rotatable bonds is 5. The van der Waals surface area contributed by atoms with Crippen molar-refractivity contribution in [3.8, 4) is 11.1 Å². The van der Waals surface area contributed by atoms with Gasteiger partial charge in [0.25, 0.3) is 0 Å². The molecule has 31 heavy (non-hydrogen) atoms. The van der Waals surface area contributed by atoms with Crippen LogP contribution in [0.3, 0.4) is 0 Å². The second-order valence-electron chi connectivity index (χ2n) is 7.99. The standard InChI is InChI=1S/C25H27N5O/c1-3-4-5-6-18(2)22-9-10-24-28-21-8-7-19(15-23(21)30(22)24)20-16-26-25(27-17-20)29-11-13-31-14-12-29/h3-8,15-17,22H,2,9-14H2,1H3/b4-3-,6-5-/t22-/m0/s1. The molecule has 3 aromatic rings. The molecule has 0 saturated carbocycles. The van der Waals surface area contributed by atoms with Crippen molar-refractivity contribution in [2.24, 2.45) is 0 Å². The van der Waals surface area contributed by atoms with Crippen LogP contribution in [0, 0.1) is 0 Å². The van der Waals surface area contributed by atoms with Crippen molar-refractivity contribution in [2.75, 3.05) is 31.2 Å². The molecule has 1 fully saturated rings. The molecule has 0 unspecified atom stereocenters. The molecule has 0 aliphatic carbocycles. The van der Waals surface area contributed by atoms with Crippen LogP contribution in [-0.4, -0.2) is 45.8 Å². The van der Waals surface area contributed by atoms with Crippen LogP contribution < -0.4 is 4.90 Å². The summed E-state index contributed by atoms with van der Waals surface area (Å²) >= 11 is 0. The Labute approximate surface area is 182 Å². The van der Waals surface area contributed by atoms with E-state index >= 15 is 0 Å². The van der Waals surface area contributed by atoms with Gasteiger partial charge in [0, 0.05) is 37.5 Å². The maximum absolute atomic E-state index is 5.42. The molecule has 158 valence electrons. The van der Waals surface area contributed by atoms with E-state index in [2.05, 4.69) is 56.4 Å². The number of fused-ring (bicyclic) bond motifs is 3. The fraction of sp³-hybridized carbons (Fsp3) is 0.320. The van der Waals surface area contributed by atoms with Gasteiger partial charge in [0.05, 0.1) is 30.3 Å². The Morgan fingerprint density at radius 1 is 1.13 bits per heavy atom. The highest BCUT2D eigenvalue weighted by Gasteiger charge is 2.27. The van der Waals surface area contributed by atoms with Gasteiger partial charge in [-0.3, -0.25) is 0 Å². The van der Waals surface area contributed by atoms with E-state index in [1.165, 1.54) is 0 Å². The lowest BCUT2D eigenvalue weighted by atomic mass is 10.0. The first-order valence-corrected chi connectivity index (χ1v) is 10.9. The van der Waals surface area contributed by atoms with Gasteiger partial charge in [0.2, 0.25) is 5.95 Å². The molecule has 1 atom stereocenters. The molecule has 1 saturated heterocycles. The largest absolute Gasteiger partial charge is 0.378 e. The van der Waals surface area contributed by atoms with Gasteiger partial charge in [-0.15, -0.1) is 0 Å². The van der Waals surface area contributed by atoms with Crippen LogP contribution in [0.15, 0.2) is 67.0 Å². The van der Waals surface area contributed by atoms with E-state index in [1.54, 1.807) is 0 Å². The van der Waals surface area contributed by atoms with Gasteiger partial charge in [-0.25, -0.2) is 15.0 Å². The fourth-order valence-electron chi connectivity index (χ4n) is 4.39. The van der Waals surface area contributed by atoms with Gasteiger partial charge in [-0.2, -0.15) is 0 Å². The molecule has 1 aromatic carbocycles. The van der Waals surface area contributed by atoms with Gasteiger partial charge in [0.15, 0.2) is 0 Å². The number of aromatic nitrogens is 4. The molecule has 2 aliphatic heterocycles. The van der Waals surface area contributed by atoms with E-state index < -0.39 is 0 Å². The van der Waals surface area contributed by atoms with Gasteiger partial charge in [-0.05, 0) is 36.6 Å². The summed E-state index contributed by atoms with van der Waals surface area (Å²) < 4.78 is 7.77. The molecule has 0 N–H and O–H groups in total. The summed E-state index contributed by atoms with van der Waals surface area (Å²) in [6.45, 7) is 9.46. The molecular weight excluding hydrogens is 386 g/mol. The minimum absolute atomic E-state index is 0.247. The second kappa shape index (κ2) is 8.47. The number of ether oxygens (including phenoxy) is 1. The van der Waals surface area contributed by atoms with Crippen LogP contribution in [0.5, 0.6) is 0 Å². The van der Waals surface area contributed by atoms with Crippen LogP contribution in [0.4, 0.5) is 5.95 Å². The topological polar surface area (TPSA) is 56.1 Å². The van der Waals surface area contributed by atoms with Crippen molar-refractivity contribution in [1.29, 1.82) is 0 Å². The third-order valence-electron chi connectivity index (χ3n) is 6.02. The minimum Gasteiger partial charge on any atom is -0.378 e. The normalized spacial score (nSPS) is 19.0. The second-order valence-corrected chi connectivity index (χ2v) is 7.99. The Morgan fingerprint density at radius 3 is 2.71 bits per heavy atom. The maximum Gasteiger partial charge on any atom is 0.225 e. The van der Waals surface area contributed by atoms with Crippen LogP contribution >= 0.6 is 0 Å². The number of hydrogen-bond acceptors (Lipinski definition) is 5. The Kier molecular flexibility index (Phi) is 5.38. The number of aryl methyl sites for hydroxylation is 1. The van der Waals surface area contributed by atoms with E-state index in [-0.39, 0.29) is 6.04 Å². The zero-order chi connectivity index (χ0) is 21.2. The van der Waals surface area contributed by atoms with Crippen LogP contribution in [-0.2, 0) is 11.2 Å². The van der Waals surface area contributed by atoms with Crippen LogP contribution in [0.25, 0.3) is 22.2 Å². The van der Waals surface area contributed by atoms with Crippen molar-refractivity contribution in [3.05, 3.63) is 72.9 Å². The molecule has 4 heterocycles.